The zero-order chi connectivity index (χ0) is 21.1. The molecule has 2 aliphatic carbocycles. The molecule has 4 rings (SSSR count). The smallest absolute Gasteiger partial charge is 0.543 e. The number of hydrogen-bond acceptors (Lipinski definition) is 3. The fourth-order valence-corrected chi connectivity index (χ4v) is 6.00. The zero-order valence-corrected chi connectivity index (χ0v) is 21.1. The summed E-state index contributed by atoms with van der Waals surface area (Å²) in [6.45, 7) is 6.84. The van der Waals surface area contributed by atoms with E-state index in [1.165, 1.54) is 24.6 Å². The van der Waals surface area contributed by atoms with E-state index in [9.17, 15) is 14.7 Å². The monoisotopic (exact) mass is 456 g/mol. The van der Waals surface area contributed by atoms with Crippen molar-refractivity contribution in [2.45, 2.75) is 46.1 Å². The van der Waals surface area contributed by atoms with Gasteiger partial charge in [0.1, 0.15) is 0 Å². The molecule has 1 amide bonds. The number of benzene rings is 1. The van der Waals surface area contributed by atoms with Crippen molar-refractivity contribution in [3.05, 3.63) is 39.5 Å². The van der Waals surface area contributed by atoms with Crippen LogP contribution in [0.25, 0.3) is 17.0 Å². The number of carboxylic acid groups (broad SMARTS) is 1. The van der Waals surface area contributed by atoms with Gasteiger partial charge >= 0.3 is 29.6 Å². The van der Waals surface area contributed by atoms with E-state index in [2.05, 4.69) is 31.1 Å². The number of fused-ring (bicyclic) bond motifs is 3. The van der Waals surface area contributed by atoms with Gasteiger partial charge in [0.2, 0.25) is 5.91 Å². The minimum Gasteiger partial charge on any atom is -0.543 e. The molecule has 8 heteroatoms. The van der Waals surface area contributed by atoms with Crippen molar-refractivity contribution in [3.8, 4) is 0 Å². The molecule has 0 spiro atoms. The van der Waals surface area contributed by atoms with Gasteiger partial charge in [-0.2, -0.15) is 0 Å². The zero-order valence-electron chi connectivity index (χ0n) is 17.6. The van der Waals surface area contributed by atoms with Crippen molar-refractivity contribution in [3.63, 3.8) is 0 Å². The third-order valence-corrected chi connectivity index (χ3v) is 8.09. The molecule has 2 saturated carbocycles. The van der Waals surface area contributed by atoms with Crippen molar-refractivity contribution in [1.29, 1.82) is 0 Å². The average Bonchev–Trinajstić information content (AvgIpc) is 3.16. The Kier molecular flexibility index (Phi) is 6.45. The van der Waals surface area contributed by atoms with Crippen molar-refractivity contribution in [2.75, 3.05) is 0 Å². The van der Waals surface area contributed by atoms with Crippen molar-refractivity contribution in [1.82, 2.24) is 10.3 Å². The van der Waals surface area contributed by atoms with E-state index in [1.54, 1.807) is 6.07 Å². The van der Waals surface area contributed by atoms with E-state index in [4.69, 9.17) is 23.2 Å². The Morgan fingerprint density at radius 2 is 1.97 bits per heavy atom. The van der Waals surface area contributed by atoms with E-state index in [0.717, 1.165) is 12.8 Å². The first kappa shape index (κ1) is 23.7. The second-order valence-electron chi connectivity index (χ2n) is 9.02. The number of carboxylic acids is 1. The third kappa shape index (κ3) is 3.63. The van der Waals surface area contributed by atoms with Gasteiger partial charge in [0.15, 0.2) is 0 Å². The van der Waals surface area contributed by atoms with Crippen LogP contribution in [0, 0.1) is 16.7 Å². The van der Waals surface area contributed by atoms with Crippen LogP contribution in [0.5, 0.6) is 0 Å². The van der Waals surface area contributed by atoms with Gasteiger partial charge in [-0.05, 0) is 54.2 Å². The topological polar surface area (TPSA) is 85.0 Å². The van der Waals surface area contributed by atoms with E-state index in [0.29, 0.717) is 32.4 Å². The van der Waals surface area contributed by atoms with Gasteiger partial charge in [0, 0.05) is 33.6 Å². The van der Waals surface area contributed by atoms with Crippen LogP contribution in [0.15, 0.2) is 18.2 Å². The summed E-state index contributed by atoms with van der Waals surface area (Å²) in [6.07, 6.45) is 6.12. The van der Waals surface area contributed by atoms with Gasteiger partial charge in [-0.3, -0.25) is 4.79 Å². The number of aromatic nitrogens is 1. The molecule has 2 aliphatic rings. The molecule has 154 valence electrons. The first-order chi connectivity index (χ1) is 13.5. The number of nitrogens with one attached hydrogen (secondary N) is 2. The summed E-state index contributed by atoms with van der Waals surface area (Å²) >= 11 is 12.3. The van der Waals surface area contributed by atoms with E-state index < -0.39 is 5.97 Å². The van der Waals surface area contributed by atoms with E-state index >= 15 is 0 Å². The Morgan fingerprint density at radius 3 is 2.53 bits per heavy atom. The van der Waals surface area contributed by atoms with Gasteiger partial charge in [0.05, 0.1) is 16.7 Å². The molecule has 30 heavy (non-hydrogen) atoms. The second-order valence-corrected chi connectivity index (χ2v) is 9.86. The largest absolute Gasteiger partial charge is 1.00 e. The SMILES string of the molecule is CC1(C)[C@H]2CC[C@]1(C)[C@@H](NC(=O)/C=C/c1c(C(=O)[O-])[nH]c3cc(Cl)cc(Cl)c13)C2.[Na+]. The molecule has 0 radical (unpaired) electrons. The van der Waals surface area contributed by atoms with Crippen molar-refractivity contribution in [2.24, 2.45) is 16.7 Å². The Balaban J connectivity index is 0.00000256. The van der Waals surface area contributed by atoms with Gasteiger partial charge in [-0.1, -0.05) is 44.0 Å². The molecule has 5 nitrogen and oxygen atoms in total. The number of hydrogen-bond donors (Lipinski definition) is 2. The third-order valence-electron chi connectivity index (χ3n) is 7.57. The average molecular weight is 457 g/mol. The number of H-pyrrole nitrogens is 1. The first-order valence-electron chi connectivity index (χ1n) is 9.75. The fourth-order valence-electron chi connectivity index (χ4n) is 5.40. The first-order valence-corrected chi connectivity index (χ1v) is 10.5. The number of aromatic carboxylic acids is 1. The molecular formula is C22H23Cl2N2NaO3. The van der Waals surface area contributed by atoms with Crippen LogP contribution in [0.1, 0.15) is 56.1 Å². The molecular weight excluding hydrogens is 434 g/mol. The van der Waals surface area contributed by atoms with Crippen molar-refractivity contribution < 1.29 is 44.3 Å². The van der Waals surface area contributed by atoms with E-state index in [1.807, 2.05) is 0 Å². The number of rotatable bonds is 4. The van der Waals surface area contributed by atoms with Crippen LogP contribution in [-0.4, -0.2) is 22.9 Å². The van der Waals surface area contributed by atoms with Gasteiger partial charge in [-0.25, -0.2) is 0 Å². The van der Waals surface area contributed by atoms with E-state index in [-0.39, 0.29) is 58.0 Å². The van der Waals surface area contributed by atoms with Gasteiger partial charge in [0.25, 0.3) is 0 Å². The van der Waals surface area contributed by atoms with Gasteiger partial charge < -0.3 is 20.2 Å². The molecule has 0 unspecified atom stereocenters. The summed E-state index contributed by atoms with van der Waals surface area (Å²) in [5.74, 6) is -1.01. The quantitative estimate of drug-likeness (QED) is 0.535. The maximum Gasteiger partial charge on any atom is 1.00 e. The van der Waals surface area contributed by atoms with Crippen LogP contribution in [0.4, 0.5) is 0 Å². The predicted octanol–water partition coefficient (Wildman–Crippen LogP) is 1.19. The summed E-state index contributed by atoms with van der Waals surface area (Å²) in [5.41, 5.74) is 0.903. The number of carbonyl (C=O) groups is 2. The fraction of sp³-hybridized carbons (Fsp3) is 0.455. The molecule has 0 saturated heterocycles. The molecule has 1 aromatic carbocycles. The summed E-state index contributed by atoms with van der Waals surface area (Å²) < 4.78 is 0. The second kappa shape index (κ2) is 8.18. The number of aromatic amines is 1. The molecule has 0 aliphatic heterocycles. The summed E-state index contributed by atoms with van der Waals surface area (Å²) in [7, 11) is 0. The molecule has 1 heterocycles. The van der Waals surface area contributed by atoms with Crippen LogP contribution >= 0.6 is 23.2 Å². The summed E-state index contributed by atoms with van der Waals surface area (Å²) in [4.78, 5) is 27.0. The van der Waals surface area contributed by atoms with Crippen LogP contribution in [0.3, 0.4) is 0 Å². The number of carbonyl (C=O) groups excluding carboxylic acids is 2. The predicted molar refractivity (Wildman–Crippen MR) is 113 cm³/mol. The van der Waals surface area contributed by atoms with Crippen LogP contribution in [-0.2, 0) is 4.79 Å². The maximum absolute atomic E-state index is 12.7. The summed E-state index contributed by atoms with van der Waals surface area (Å²) in [5, 5.41) is 15.9. The molecule has 2 N–H and O–H groups in total. The van der Waals surface area contributed by atoms with Gasteiger partial charge in [-0.15, -0.1) is 0 Å². The normalized spacial score (nSPS) is 26.8. The number of halogens is 2. The minimum atomic E-state index is -1.38. The van der Waals surface area contributed by atoms with Crippen molar-refractivity contribution >= 4 is 52.1 Å². The number of amides is 1. The minimum absolute atomic E-state index is 0. The van der Waals surface area contributed by atoms with Crippen LogP contribution < -0.4 is 40.0 Å². The maximum atomic E-state index is 12.7. The standard InChI is InChI=1S/C22H24Cl2N2O3.Na/c1-21(2)11-6-7-22(21,3)16(8-11)26-17(27)5-4-13-18-14(24)9-12(23)10-15(18)25-19(13)20(28)29;/h4-5,9-11,16,25H,6-8H2,1-3H3,(H,26,27)(H,28,29);/q;+1/p-1/b5-4+;/t11-,16-,22+;/m0./s1. The Hall–Kier alpha value is -0.980. The van der Waals surface area contributed by atoms with Crippen LogP contribution in [0.2, 0.25) is 10.0 Å². The Labute approximate surface area is 207 Å². The molecule has 3 atom stereocenters. The Bertz CT molecular complexity index is 1060. The molecule has 2 aromatic rings. The molecule has 1 aromatic heterocycles. The molecule has 2 fully saturated rings. The summed E-state index contributed by atoms with van der Waals surface area (Å²) in [6, 6.07) is 3.23. The molecule has 2 bridgehead atoms. The Morgan fingerprint density at radius 1 is 1.27 bits per heavy atom.